The second-order valence-electron chi connectivity index (χ2n) is 6.82. The van der Waals surface area contributed by atoms with Gasteiger partial charge in [-0.05, 0) is 34.1 Å². The van der Waals surface area contributed by atoms with Crippen molar-refractivity contribution < 1.29 is 29.0 Å². The minimum Gasteiger partial charge on any atom is -0.510 e. The lowest BCUT2D eigenvalue weighted by atomic mass is 9.86. The summed E-state index contributed by atoms with van der Waals surface area (Å²) in [5.74, 6) is -1.39. The van der Waals surface area contributed by atoms with E-state index >= 15 is 0 Å². The van der Waals surface area contributed by atoms with Gasteiger partial charge in [0.05, 0.1) is 11.8 Å². The molecule has 0 spiro atoms. The van der Waals surface area contributed by atoms with Crippen LogP contribution < -0.4 is 5.32 Å². The van der Waals surface area contributed by atoms with Gasteiger partial charge in [0, 0.05) is 6.42 Å². The van der Waals surface area contributed by atoms with Gasteiger partial charge < -0.3 is 19.9 Å². The predicted molar refractivity (Wildman–Crippen MR) is 83.6 cm³/mol. The monoisotopic (exact) mass is 338 g/mol. The summed E-state index contributed by atoms with van der Waals surface area (Å²) in [5.41, 5.74) is -0.876. The quantitative estimate of drug-likeness (QED) is 0.461. The van der Waals surface area contributed by atoms with Crippen LogP contribution >= 0.6 is 0 Å². The van der Waals surface area contributed by atoms with Crippen molar-refractivity contribution in [3.63, 3.8) is 0 Å². The molecule has 1 saturated heterocycles. The number of nitrogens with zero attached hydrogens (tertiary/aromatic N) is 1. The number of nitrogens with one attached hydrogen (secondary N) is 1. The molecule has 0 bridgehead atoms. The number of hydrogen-bond donors (Lipinski definition) is 2. The Bertz CT molecular complexity index is 631. The second kappa shape index (κ2) is 6.18. The zero-order valence-electron chi connectivity index (χ0n) is 14.2. The molecule has 24 heavy (non-hydrogen) atoms. The molecule has 8 heteroatoms. The summed E-state index contributed by atoms with van der Waals surface area (Å²) in [6, 6.07) is -1.21. The maximum atomic E-state index is 12.3. The van der Waals surface area contributed by atoms with Crippen molar-refractivity contribution in [1.82, 2.24) is 10.2 Å². The summed E-state index contributed by atoms with van der Waals surface area (Å²) in [5, 5.41) is 12.5. The third-order valence-corrected chi connectivity index (χ3v) is 3.54. The van der Waals surface area contributed by atoms with Gasteiger partial charge in [-0.25, -0.2) is 9.59 Å². The Morgan fingerprint density at radius 1 is 1.38 bits per heavy atom. The largest absolute Gasteiger partial charge is 0.510 e. The lowest BCUT2D eigenvalue weighted by Gasteiger charge is -2.49. The van der Waals surface area contributed by atoms with Crippen LogP contribution in [0.15, 0.2) is 23.8 Å². The maximum Gasteiger partial charge on any atom is 0.408 e. The molecule has 2 amide bonds. The van der Waals surface area contributed by atoms with Crippen LogP contribution in [0.2, 0.25) is 0 Å². The normalized spacial score (nSPS) is 23.2. The molecule has 0 aromatic heterocycles. The van der Waals surface area contributed by atoms with Crippen LogP contribution in [0, 0.1) is 0 Å². The van der Waals surface area contributed by atoms with E-state index in [1.165, 1.54) is 6.92 Å². The van der Waals surface area contributed by atoms with Crippen molar-refractivity contribution in [1.29, 1.82) is 0 Å². The molecule has 0 aromatic rings. The number of allylic oxidation sites excluding steroid dienone is 2. The van der Waals surface area contributed by atoms with Crippen molar-refractivity contribution in [2.75, 3.05) is 0 Å². The standard InChI is InChI=1S/C16H22N2O6/c1-8(2)23-14(21)12-10(19)7-6-9-11(13(20)18(9)12)17-15(22)24-16(3,4)5/h9,11,19H,1,6-7H2,2-5H3,(H,17,22)/t9-,11+/m1/s1. The van der Waals surface area contributed by atoms with E-state index < -0.39 is 35.7 Å². The van der Waals surface area contributed by atoms with Crippen molar-refractivity contribution in [3.8, 4) is 0 Å². The molecule has 2 atom stereocenters. The fourth-order valence-corrected chi connectivity index (χ4v) is 2.67. The molecule has 2 N–H and O–H groups in total. The van der Waals surface area contributed by atoms with Crippen LogP contribution in [-0.4, -0.2) is 45.7 Å². The molecule has 0 saturated carbocycles. The number of rotatable bonds is 3. The highest BCUT2D eigenvalue weighted by Gasteiger charge is 2.54. The summed E-state index contributed by atoms with van der Waals surface area (Å²) < 4.78 is 10.0. The highest BCUT2D eigenvalue weighted by Crippen LogP contribution is 2.36. The minimum atomic E-state index is -0.839. The van der Waals surface area contributed by atoms with Gasteiger partial charge in [-0.1, -0.05) is 6.58 Å². The topological polar surface area (TPSA) is 105 Å². The zero-order chi connectivity index (χ0) is 18.2. The average molecular weight is 338 g/mol. The smallest absolute Gasteiger partial charge is 0.408 e. The van der Waals surface area contributed by atoms with Crippen LogP contribution in [0.25, 0.3) is 0 Å². The van der Waals surface area contributed by atoms with E-state index in [1.807, 2.05) is 0 Å². The Kier molecular flexibility index (Phi) is 4.59. The molecule has 8 nitrogen and oxygen atoms in total. The molecule has 0 unspecified atom stereocenters. The number of fused-ring (bicyclic) bond motifs is 1. The molecule has 1 fully saturated rings. The molecule has 0 aromatic carbocycles. The van der Waals surface area contributed by atoms with E-state index in [1.54, 1.807) is 20.8 Å². The molecular formula is C16H22N2O6. The Morgan fingerprint density at radius 2 is 2.00 bits per heavy atom. The van der Waals surface area contributed by atoms with Crippen LogP contribution in [0.3, 0.4) is 0 Å². The fraction of sp³-hybridized carbons (Fsp3) is 0.562. The third-order valence-electron chi connectivity index (χ3n) is 3.54. The number of amides is 2. The van der Waals surface area contributed by atoms with Gasteiger partial charge in [0.15, 0.2) is 5.70 Å². The molecule has 0 radical (unpaired) electrons. The Morgan fingerprint density at radius 3 is 2.54 bits per heavy atom. The van der Waals surface area contributed by atoms with E-state index in [9.17, 15) is 19.5 Å². The molecule has 132 valence electrons. The van der Waals surface area contributed by atoms with Crippen LogP contribution in [0.1, 0.15) is 40.5 Å². The Hall–Kier alpha value is -2.51. The zero-order valence-corrected chi connectivity index (χ0v) is 14.2. The highest BCUT2D eigenvalue weighted by molar-refractivity contribution is 6.01. The lowest BCUT2D eigenvalue weighted by molar-refractivity contribution is -0.155. The van der Waals surface area contributed by atoms with Crippen molar-refractivity contribution >= 4 is 18.0 Å². The first-order valence-electron chi connectivity index (χ1n) is 7.63. The number of β-lactam (4-membered cyclic amide) rings is 1. The van der Waals surface area contributed by atoms with Gasteiger partial charge in [-0.15, -0.1) is 0 Å². The molecule has 2 rings (SSSR count). The van der Waals surface area contributed by atoms with E-state index in [-0.39, 0.29) is 23.6 Å². The van der Waals surface area contributed by atoms with Gasteiger partial charge in [0.1, 0.15) is 17.4 Å². The van der Waals surface area contributed by atoms with Crippen molar-refractivity contribution in [2.24, 2.45) is 0 Å². The number of alkyl carbamates (subject to hydrolysis) is 1. The first kappa shape index (κ1) is 17.8. The number of aliphatic hydroxyl groups is 1. The van der Waals surface area contributed by atoms with Gasteiger partial charge >= 0.3 is 12.1 Å². The van der Waals surface area contributed by atoms with Crippen molar-refractivity contribution in [2.45, 2.75) is 58.2 Å². The number of carbonyl (C=O) groups excluding carboxylic acids is 3. The number of aliphatic hydroxyl groups excluding tert-OH is 1. The van der Waals surface area contributed by atoms with Gasteiger partial charge in [-0.3, -0.25) is 9.69 Å². The van der Waals surface area contributed by atoms with Crippen molar-refractivity contribution in [3.05, 3.63) is 23.8 Å². The first-order chi connectivity index (χ1) is 11.0. The molecule has 0 aliphatic carbocycles. The minimum absolute atomic E-state index is 0.152. The van der Waals surface area contributed by atoms with Crippen LogP contribution in [0.5, 0.6) is 0 Å². The maximum absolute atomic E-state index is 12.3. The summed E-state index contributed by atoms with van der Waals surface area (Å²) in [6.45, 7) is 10.1. The number of carbonyl (C=O) groups is 3. The fourth-order valence-electron chi connectivity index (χ4n) is 2.67. The van der Waals surface area contributed by atoms with E-state index in [0.717, 1.165) is 4.90 Å². The van der Waals surface area contributed by atoms with E-state index in [4.69, 9.17) is 9.47 Å². The highest BCUT2D eigenvalue weighted by atomic mass is 16.6. The molecular weight excluding hydrogens is 316 g/mol. The lowest BCUT2D eigenvalue weighted by Crippen LogP contribution is -2.71. The predicted octanol–water partition coefficient (Wildman–Crippen LogP) is 1.73. The Labute approximate surface area is 140 Å². The Balaban J connectivity index is 2.10. The summed E-state index contributed by atoms with van der Waals surface area (Å²) >= 11 is 0. The first-order valence-corrected chi connectivity index (χ1v) is 7.63. The van der Waals surface area contributed by atoms with Gasteiger partial charge in [0.2, 0.25) is 0 Å². The molecule has 2 heterocycles. The van der Waals surface area contributed by atoms with Gasteiger partial charge in [-0.2, -0.15) is 0 Å². The number of esters is 1. The van der Waals surface area contributed by atoms with Gasteiger partial charge in [0.25, 0.3) is 5.91 Å². The summed E-state index contributed by atoms with van der Waals surface area (Å²) in [6.07, 6.45) is -0.0750. The molecule has 2 aliphatic heterocycles. The molecule has 2 aliphatic rings. The number of ether oxygens (including phenoxy) is 2. The van der Waals surface area contributed by atoms with Crippen LogP contribution in [-0.2, 0) is 19.1 Å². The summed E-state index contributed by atoms with van der Waals surface area (Å²) in [4.78, 5) is 37.4. The van der Waals surface area contributed by atoms with Crippen LogP contribution in [0.4, 0.5) is 4.79 Å². The second-order valence-corrected chi connectivity index (χ2v) is 6.82. The number of hydrogen-bond acceptors (Lipinski definition) is 6. The van der Waals surface area contributed by atoms with E-state index in [2.05, 4.69) is 11.9 Å². The average Bonchev–Trinajstić information content (AvgIpc) is 2.41. The van der Waals surface area contributed by atoms with E-state index in [0.29, 0.717) is 6.42 Å². The third kappa shape index (κ3) is 3.52. The summed E-state index contributed by atoms with van der Waals surface area (Å²) in [7, 11) is 0. The SMILES string of the molecule is C=C(C)OC(=O)C1=C(O)CC[C@@H]2[C@H](NC(=O)OC(C)(C)C)C(=O)N12.